The minimum absolute atomic E-state index is 0.299. The highest BCUT2D eigenvalue weighted by molar-refractivity contribution is 7.16. The Kier molecular flexibility index (Phi) is 3.01. The minimum Gasteiger partial charge on any atom is -0.318 e. The van der Waals surface area contributed by atoms with Crippen molar-refractivity contribution in [1.29, 1.82) is 0 Å². The smallest absolute Gasteiger partial charge is 0.250 e. The lowest BCUT2D eigenvalue weighted by Crippen LogP contribution is -2.26. The van der Waals surface area contributed by atoms with Crippen molar-refractivity contribution < 1.29 is 9.72 Å². The number of carbonyl (C=O) groups excluding carboxylic acids is 1. The van der Waals surface area contributed by atoms with Crippen LogP contribution in [-0.2, 0) is 11.8 Å². The summed E-state index contributed by atoms with van der Waals surface area (Å²) in [5, 5.41) is 14.6. The third-order valence-corrected chi connectivity index (χ3v) is 4.45. The SMILES string of the molecule is Cn1c(=NNC(=O)[C@@H]2C[C@@H]2[N+](=O)[O-])sc2ccccc21. The molecule has 0 unspecified atom stereocenters. The first-order valence-corrected chi connectivity index (χ1v) is 6.91. The Bertz CT molecular complexity index is 763. The third kappa shape index (κ3) is 2.18. The maximum absolute atomic E-state index is 11.7. The minimum atomic E-state index is -0.749. The van der Waals surface area contributed by atoms with Crippen LogP contribution in [0.3, 0.4) is 0 Å². The van der Waals surface area contributed by atoms with Gasteiger partial charge in [0.05, 0.1) is 10.2 Å². The fraction of sp³-hybridized carbons (Fsp3) is 0.333. The van der Waals surface area contributed by atoms with Gasteiger partial charge in [-0.15, -0.1) is 5.10 Å². The average Bonchev–Trinajstić information content (AvgIpc) is 3.18. The van der Waals surface area contributed by atoms with Crippen LogP contribution in [-0.4, -0.2) is 21.4 Å². The van der Waals surface area contributed by atoms with E-state index in [-0.39, 0.29) is 5.91 Å². The Morgan fingerprint density at radius 2 is 2.30 bits per heavy atom. The fourth-order valence-corrected chi connectivity index (χ4v) is 3.05. The van der Waals surface area contributed by atoms with Crippen molar-refractivity contribution in [3.63, 3.8) is 0 Å². The number of hydrogen-bond acceptors (Lipinski definition) is 5. The highest BCUT2D eigenvalue weighted by Crippen LogP contribution is 2.32. The third-order valence-electron chi connectivity index (χ3n) is 3.34. The quantitative estimate of drug-likeness (QED) is 0.671. The van der Waals surface area contributed by atoms with Crippen LogP contribution >= 0.6 is 11.3 Å². The molecule has 2 atom stereocenters. The number of carbonyl (C=O) groups is 1. The molecule has 0 saturated heterocycles. The first kappa shape index (κ1) is 12.8. The van der Waals surface area contributed by atoms with Crippen molar-refractivity contribution in [3.05, 3.63) is 39.2 Å². The number of nitrogens with one attached hydrogen (secondary N) is 1. The van der Waals surface area contributed by atoms with Crippen LogP contribution in [0.5, 0.6) is 0 Å². The summed E-state index contributed by atoms with van der Waals surface area (Å²) in [5.41, 5.74) is 3.45. The Morgan fingerprint density at radius 3 is 2.95 bits per heavy atom. The van der Waals surface area contributed by atoms with Gasteiger partial charge in [-0.2, -0.15) is 0 Å². The molecule has 2 aromatic rings. The molecule has 1 amide bonds. The summed E-state index contributed by atoms with van der Waals surface area (Å²) in [6.45, 7) is 0. The Morgan fingerprint density at radius 1 is 1.55 bits per heavy atom. The number of para-hydroxylation sites is 1. The van der Waals surface area contributed by atoms with Gasteiger partial charge in [-0.25, -0.2) is 5.43 Å². The summed E-state index contributed by atoms with van der Waals surface area (Å²) >= 11 is 1.45. The van der Waals surface area contributed by atoms with Gasteiger partial charge in [-0.1, -0.05) is 23.5 Å². The maximum Gasteiger partial charge on any atom is 0.250 e. The van der Waals surface area contributed by atoms with E-state index in [0.29, 0.717) is 11.2 Å². The van der Waals surface area contributed by atoms with Gasteiger partial charge < -0.3 is 4.57 Å². The van der Waals surface area contributed by atoms with Crippen molar-refractivity contribution in [2.75, 3.05) is 0 Å². The molecule has 0 radical (unpaired) electrons. The summed E-state index contributed by atoms with van der Waals surface area (Å²) in [6, 6.07) is 7.07. The van der Waals surface area contributed by atoms with Gasteiger partial charge in [-0.05, 0) is 12.1 Å². The van der Waals surface area contributed by atoms with Crippen LogP contribution in [0.25, 0.3) is 10.2 Å². The largest absolute Gasteiger partial charge is 0.318 e. The second-order valence-corrected chi connectivity index (χ2v) is 5.70. The Hall–Kier alpha value is -2.22. The van der Waals surface area contributed by atoms with E-state index < -0.39 is 16.9 Å². The van der Waals surface area contributed by atoms with Gasteiger partial charge >= 0.3 is 0 Å². The van der Waals surface area contributed by atoms with Crippen LogP contribution in [0.1, 0.15) is 6.42 Å². The number of hydrogen-bond donors (Lipinski definition) is 1. The summed E-state index contributed by atoms with van der Waals surface area (Å²) in [7, 11) is 1.86. The molecule has 7 nitrogen and oxygen atoms in total. The normalized spacial score (nSPS) is 21.9. The van der Waals surface area contributed by atoms with E-state index in [1.165, 1.54) is 11.3 Å². The van der Waals surface area contributed by atoms with E-state index in [1.807, 2.05) is 35.9 Å². The summed E-state index contributed by atoms with van der Waals surface area (Å²) in [4.78, 5) is 22.5. The summed E-state index contributed by atoms with van der Waals surface area (Å²) in [6.07, 6.45) is 0.299. The molecular weight excluding hydrogens is 280 g/mol. The van der Waals surface area contributed by atoms with Crippen molar-refractivity contribution in [1.82, 2.24) is 9.99 Å². The number of fused-ring (bicyclic) bond motifs is 1. The highest BCUT2D eigenvalue weighted by atomic mass is 32.1. The second kappa shape index (κ2) is 4.71. The van der Waals surface area contributed by atoms with Crippen molar-refractivity contribution in [2.24, 2.45) is 18.1 Å². The molecule has 0 aliphatic heterocycles. The maximum atomic E-state index is 11.7. The molecule has 20 heavy (non-hydrogen) atoms. The molecule has 3 rings (SSSR count). The first-order valence-electron chi connectivity index (χ1n) is 6.09. The molecule has 1 aliphatic carbocycles. The van der Waals surface area contributed by atoms with Gasteiger partial charge in [0.2, 0.25) is 16.8 Å². The van der Waals surface area contributed by atoms with Crippen molar-refractivity contribution >= 4 is 27.5 Å². The number of aromatic nitrogens is 1. The van der Waals surface area contributed by atoms with Crippen LogP contribution < -0.4 is 10.2 Å². The second-order valence-electron chi connectivity index (χ2n) is 4.69. The summed E-state index contributed by atoms with van der Waals surface area (Å²) < 4.78 is 2.94. The van der Waals surface area contributed by atoms with E-state index in [2.05, 4.69) is 10.5 Å². The number of nitrogens with zero attached hydrogens (tertiary/aromatic N) is 3. The number of thiazole rings is 1. The predicted octanol–water partition coefficient (Wildman–Crippen LogP) is 0.837. The zero-order valence-corrected chi connectivity index (χ0v) is 11.5. The van der Waals surface area contributed by atoms with E-state index in [0.717, 1.165) is 10.2 Å². The molecule has 1 aromatic heterocycles. The molecule has 1 N–H and O–H groups in total. The topological polar surface area (TPSA) is 89.5 Å². The van der Waals surface area contributed by atoms with Crippen LogP contribution in [0, 0.1) is 16.0 Å². The molecular formula is C12H12N4O3S. The standard InChI is InChI=1S/C12H12N4O3S/c1-15-8-4-2-3-5-10(8)20-12(15)14-13-11(17)7-6-9(7)16(18)19/h2-5,7,9H,6H2,1H3,(H,13,17)/t7-,9+/m1/s1. The van der Waals surface area contributed by atoms with Gasteiger partial charge in [-0.3, -0.25) is 14.9 Å². The zero-order chi connectivity index (χ0) is 14.3. The van der Waals surface area contributed by atoms with Gasteiger partial charge in [0.1, 0.15) is 5.92 Å². The van der Waals surface area contributed by atoms with Gasteiger partial charge in [0.15, 0.2) is 0 Å². The number of benzene rings is 1. The fourth-order valence-electron chi connectivity index (χ4n) is 2.07. The molecule has 0 spiro atoms. The van der Waals surface area contributed by atoms with Crippen LogP contribution in [0.15, 0.2) is 29.4 Å². The molecule has 104 valence electrons. The molecule has 0 bridgehead atoms. The molecule has 1 heterocycles. The average molecular weight is 292 g/mol. The van der Waals surface area contributed by atoms with Crippen LogP contribution in [0.4, 0.5) is 0 Å². The lowest BCUT2D eigenvalue weighted by molar-refractivity contribution is -0.497. The lowest BCUT2D eigenvalue weighted by Gasteiger charge is -1.96. The van der Waals surface area contributed by atoms with E-state index in [1.54, 1.807) is 0 Å². The number of aryl methyl sites for hydroxylation is 1. The van der Waals surface area contributed by atoms with Gasteiger partial charge in [0.25, 0.3) is 0 Å². The highest BCUT2D eigenvalue weighted by Gasteiger charge is 2.53. The number of rotatable bonds is 3. The molecule has 1 fully saturated rings. The predicted molar refractivity (Wildman–Crippen MR) is 73.4 cm³/mol. The van der Waals surface area contributed by atoms with E-state index in [4.69, 9.17) is 0 Å². The summed E-state index contributed by atoms with van der Waals surface area (Å²) in [5.74, 6) is -0.933. The van der Waals surface area contributed by atoms with Crippen molar-refractivity contribution in [2.45, 2.75) is 12.5 Å². The zero-order valence-electron chi connectivity index (χ0n) is 10.6. The van der Waals surface area contributed by atoms with Crippen LogP contribution in [0.2, 0.25) is 0 Å². The molecule has 1 saturated carbocycles. The number of amides is 1. The Labute approximate surface area is 117 Å². The van der Waals surface area contributed by atoms with Gasteiger partial charge in [0, 0.05) is 18.4 Å². The number of nitro groups is 1. The van der Waals surface area contributed by atoms with E-state index in [9.17, 15) is 14.9 Å². The van der Waals surface area contributed by atoms with E-state index >= 15 is 0 Å². The molecule has 1 aromatic carbocycles. The molecule has 8 heteroatoms. The first-order chi connectivity index (χ1) is 9.58. The monoisotopic (exact) mass is 292 g/mol. The lowest BCUT2D eigenvalue weighted by atomic mass is 10.3. The molecule has 1 aliphatic rings. The Balaban J connectivity index is 1.80. The van der Waals surface area contributed by atoms with Crippen molar-refractivity contribution in [3.8, 4) is 0 Å².